The molecule has 2 N–H and O–H groups in total. The molecule has 0 fully saturated rings. The average molecular weight is 162 g/mol. The summed E-state index contributed by atoms with van der Waals surface area (Å²) in [6.07, 6.45) is 0. The Hall–Kier alpha value is -1.51. The minimum absolute atomic E-state index is 0.0513. The molecule has 0 aromatic carbocycles. The van der Waals surface area contributed by atoms with Gasteiger partial charge in [0, 0.05) is 11.8 Å². The molecule has 0 aliphatic carbocycles. The van der Waals surface area contributed by atoms with E-state index in [9.17, 15) is 4.79 Å². The van der Waals surface area contributed by atoms with E-state index in [4.69, 9.17) is 0 Å². The van der Waals surface area contributed by atoms with Gasteiger partial charge in [0.25, 0.3) is 0 Å². The van der Waals surface area contributed by atoms with Crippen LogP contribution in [0.5, 0.6) is 0 Å². The third-order valence-corrected chi connectivity index (χ3v) is 2.18. The summed E-state index contributed by atoms with van der Waals surface area (Å²) in [7, 11) is 0. The minimum Gasteiger partial charge on any atom is -0.357 e. The molecule has 12 heavy (non-hydrogen) atoms. The largest absolute Gasteiger partial charge is 0.357 e. The maximum atomic E-state index is 11.0. The van der Waals surface area contributed by atoms with Crippen LogP contribution in [-0.4, -0.2) is 9.97 Å². The lowest BCUT2D eigenvalue weighted by Gasteiger charge is -1.88. The molecule has 2 heterocycles. The zero-order valence-electron chi connectivity index (χ0n) is 7.06. The van der Waals surface area contributed by atoms with Crippen LogP contribution in [0.1, 0.15) is 11.3 Å². The maximum Gasteiger partial charge on any atom is 0.248 e. The Labute approximate surface area is 69.4 Å². The van der Waals surface area contributed by atoms with Gasteiger partial charge in [-0.2, -0.15) is 0 Å². The molecular weight excluding hydrogens is 152 g/mol. The molecule has 2 rings (SSSR count). The quantitative estimate of drug-likeness (QED) is 0.605. The van der Waals surface area contributed by atoms with Crippen molar-refractivity contribution in [2.24, 2.45) is 0 Å². The molecule has 0 saturated carbocycles. The molecule has 3 heteroatoms. The Morgan fingerprint density at radius 3 is 2.67 bits per heavy atom. The molecule has 62 valence electrons. The van der Waals surface area contributed by atoms with Crippen LogP contribution in [0, 0.1) is 13.8 Å². The molecule has 0 aliphatic heterocycles. The van der Waals surface area contributed by atoms with Gasteiger partial charge in [0.1, 0.15) is 0 Å². The van der Waals surface area contributed by atoms with Crippen LogP contribution in [-0.2, 0) is 0 Å². The predicted octanol–water partition coefficient (Wildman–Crippen LogP) is 1.47. The van der Waals surface area contributed by atoms with Crippen molar-refractivity contribution in [3.63, 3.8) is 0 Å². The van der Waals surface area contributed by atoms with Gasteiger partial charge in [0.15, 0.2) is 0 Å². The number of hydrogen-bond acceptors (Lipinski definition) is 1. The fourth-order valence-corrected chi connectivity index (χ4v) is 1.36. The summed E-state index contributed by atoms with van der Waals surface area (Å²) in [5.41, 5.74) is 4.07. The highest BCUT2D eigenvalue weighted by Crippen LogP contribution is 2.16. The van der Waals surface area contributed by atoms with Crippen molar-refractivity contribution < 1.29 is 0 Å². The van der Waals surface area contributed by atoms with Crippen LogP contribution in [0.3, 0.4) is 0 Å². The van der Waals surface area contributed by atoms with Crippen LogP contribution in [0.2, 0.25) is 0 Å². The molecule has 0 bridgehead atoms. The molecule has 0 atom stereocenters. The van der Waals surface area contributed by atoms with Gasteiger partial charge in [-0.05, 0) is 25.5 Å². The van der Waals surface area contributed by atoms with Crippen LogP contribution in [0.4, 0.5) is 0 Å². The van der Waals surface area contributed by atoms with Crippen LogP contribution < -0.4 is 5.56 Å². The molecule has 0 aliphatic rings. The summed E-state index contributed by atoms with van der Waals surface area (Å²) in [5, 5.41) is 0. The van der Waals surface area contributed by atoms with E-state index < -0.39 is 0 Å². The number of hydrogen-bond donors (Lipinski definition) is 2. The van der Waals surface area contributed by atoms with Gasteiger partial charge in [0.05, 0.1) is 11.0 Å². The first-order valence-corrected chi connectivity index (χ1v) is 3.86. The lowest BCUT2D eigenvalue weighted by atomic mass is 10.2. The molecule has 0 unspecified atom stereocenters. The van der Waals surface area contributed by atoms with E-state index >= 15 is 0 Å². The number of H-pyrrole nitrogens is 2. The standard InChI is InChI=1S/C9H10N2O/c1-5-6(2)10-7-3-4-8(12)11-9(5)7/h3-4,10H,1-2H3,(H,11,12). The molecule has 0 amide bonds. The van der Waals surface area contributed by atoms with E-state index in [2.05, 4.69) is 9.97 Å². The van der Waals surface area contributed by atoms with Crippen LogP contribution in [0.25, 0.3) is 11.0 Å². The highest BCUT2D eigenvalue weighted by atomic mass is 16.1. The van der Waals surface area contributed by atoms with Crippen molar-refractivity contribution in [2.75, 3.05) is 0 Å². The summed E-state index contributed by atoms with van der Waals surface area (Å²) < 4.78 is 0. The summed E-state index contributed by atoms with van der Waals surface area (Å²) in [4.78, 5) is 17.0. The van der Waals surface area contributed by atoms with E-state index in [-0.39, 0.29) is 5.56 Å². The molecule has 2 aromatic heterocycles. The molecule has 0 spiro atoms. The first-order chi connectivity index (χ1) is 5.68. The number of nitrogens with one attached hydrogen (secondary N) is 2. The second kappa shape index (κ2) is 2.24. The first kappa shape index (κ1) is 7.16. The summed E-state index contributed by atoms with van der Waals surface area (Å²) in [6, 6.07) is 3.33. The first-order valence-electron chi connectivity index (χ1n) is 3.86. The van der Waals surface area contributed by atoms with E-state index in [1.807, 2.05) is 13.8 Å². The maximum absolute atomic E-state index is 11.0. The van der Waals surface area contributed by atoms with Crippen molar-refractivity contribution in [3.05, 3.63) is 33.7 Å². The van der Waals surface area contributed by atoms with Crippen molar-refractivity contribution in [2.45, 2.75) is 13.8 Å². The Bertz CT molecular complexity index is 479. The Kier molecular flexibility index (Phi) is 1.33. The number of aromatic nitrogens is 2. The Balaban J connectivity index is 2.98. The van der Waals surface area contributed by atoms with E-state index in [1.54, 1.807) is 6.07 Å². The van der Waals surface area contributed by atoms with E-state index in [1.165, 1.54) is 6.07 Å². The number of aromatic amines is 2. The number of aryl methyl sites for hydroxylation is 2. The van der Waals surface area contributed by atoms with Gasteiger partial charge >= 0.3 is 0 Å². The zero-order chi connectivity index (χ0) is 8.72. The van der Waals surface area contributed by atoms with E-state index in [0.29, 0.717) is 0 Å². The van der Waals surface area contributed by atoms with Gasteiger partial charge in [-0.15, -0.1) is 0 Å². The Morgan fingerprint density at radius 2 is 1.92 bits per heavy atom. The van der Waals surface area contributed by atoms with Crippen molar-refractivity contribution >= 4 is 11.0 Å². The van der Waals surface area contributed by atoms with Gasteiger partial charge in [-0.1, -0.05) is 0 Å². The monoisotopic (exact) mass is 162 g/mol. The lowest BCUT2D eigenvalue weighted by molar-refractivity contribution is 1.25. The second-order valence-corrected chi connectivity index (χ2v) is 2.99. The van der Waals surface area contributed by atoms with Crippen molar-refractivity contribution in [1.29, 1.82) is 0 Å². The van der Waals surface area contributed by atoms with Gasteiger partial charge in [-0.3, -0.25) is 4.79 Å². The van der Waals surface area contributed by atoms with E-state index in [0.717, 1.165) is 22.3 Å². The summed E-state index contributed by atoms with van der Waals surface area (Å²) >= 11 is 0. The fourth-order valence-electron chi connectivity index (χ4n) is 1.36. The second-order valence-electron chi connectivity index (χ2n) is 2.99. The van der Waals surface area contributed by atoms with Crippen molar-refractivity contribution in [1.82, 2.24) is 9.97 Å². The minimum atomic E-state index is -0.0513. The summed E-state index contributed by atoms with van der Waals surface area (Å²) in [5.74, 6) is 0. The lowest BCUT2D eigenvalue weighted by Crippen LogP contribution is -2.01. The van der Waals surface area contributed by atoms with Crippen LogP contribution in [0.15, 0.2) is 16.9 Å². The molecule has 0 radical (unpaired) electrons. The average Bonchev–Trinajstić information content (AvgIpc) is 2.31. The Morgan fingerprint density at radius 1 is 1.17 bits per heavy atom. The smallest absolute Gasteiger partial charge is 0.248 e. The predicted molar refractivity (Wildman–Crippen MR) is 48.4 cm³/mol. The highest BCUT2D eigenvalue weighted by molar-refractivity contribution is 5.79. The normalized spacial score (nSPS) is 10.8. The topological polar surface area (TPSA) is 48.6 Å². The highest BCUT2D eigenvalue weighted by Gasteiger charge is 2.02. The summed E-state index contributed by atoms with van der Waals surface area (Å²) in [6.45, 7) is 3.98. The van der Waals surface area contributed by atoms with Crippen molar-refractivity contribution in [3.8, 4) is 0 Å². The van der Waals surface area contributed by atoms with Gasteiger partial charge in [-0.25, -0.2) is 0 Å². The molecule has 0 saturated heterocycles. The van der Waals surface area contributed by atoms with Crippen LogP contribution >= 0.6 is 0 Å². The van der Waals surface area contributed by atoms with Gasteiger partial charge < -0.3 is 9.97 Å². The third-order valence-electron chi connectivity index (χ3n) is 2.18. The zero-order valence-corrected chi connectivity index (χ0v) is 7.06. The fraction of sp³-hybridized carbons (Fsp3) is 0.222. The van der Waals surface area contributed by atoms with Gasteiger partial charge in [0.2, 0.25) is 5.56 Å². The number of rotatable bonds is 0. The molecule has 3 nitrogen and oxygen atoms in total. The SMILES string of the molecule is Cc1[nH]c2ccc(=O)[nH]c2c1C. The third kappa shape index (κ3) is 0.863. The molecular formula is C9H10N2O. The molecule has 2 aromatic rings. The number of pyridine rings is 1. The number of fused-ring (bicyclic) bond motifs is 1.